The van der Waals surface area contributed by atoms with Gasteiger partial charge in [0, 0.05) is 44.4 Å². The van der Waals surface area contributed by atoms with Crippen LogP contribution in [-0.2, 0) is 13.0 Å². The van der Waals surface area contributed by atoms with Crippen molar-refractivity contribution in [1.29, 1.82) is 0 Å². The molecule has 1 aliphatic carbocycles. The minimum Gasteiger partial charge on any atom is -0.374 e. The Morgan fingerprint density at radius 2 is 2.04 bits per heavy atom. The Bertz CT molecular complexity index is 675. The number of aromatic nitrogens is 4. The van der Waals surface area contributed by atoms with Gasteiger partial charge in [0.25, 0.3) is 0 Å². The van der Waals surface area contributed by atoms with E-state index in [2.05, 4.69) is 60.8 Å². The average molecular weight is 370 g/mol. The lowest BCUT2D eigenvalue weighted by atomic mass is 9.77. The molecule has 5 heteroatoms. The molecule has 2 aromatic rings. The molecule has 0 amide bonds. The summed E-state index contributed by atoms with van der Waals surface area (Å²) in [6.07, 6.45) is 12.0. The molecule has 2 heterocycles. The first-order valence-electron chi connectivity index (χ1n) is 10.1. The van der Waals surface area contributed by atoms with Crippen LogP contribution in [0.5, 0.6) is 0 Å². The van der Waals surface area contributed by atoms with Gasteiger partial charge >= 0.3 is 0 Å². The highest BCUT2D eigenvalue weighted by atomic mass is 15.4. The van der Waals surface area contributed by atoms with E-state index in [9.17, 15) is 0 Å². The van der Waals surface area contributed by atoms with Crippen molar-refractivity contribution in [3.8, 4) is 0 Å². The van der Waals surface area contributed by atoms with E-state index in [-0.39, 0.29) is 0 Å². The molecule has 0 radical (unpaired) electrons. The highest BCUT2D eigenvalue weighted by Gasteiger charge is 2.24. The van der Waals surface area contributed by atoms with E-state index in [0.717, 1.165) is 43.5 Å². The van der Waals surface area contributed by atoms with Crippen molar-refractivity contribution in [3.05, 3.63) is 48.6 Å². The van der Waals surface area contributed by atoms with Gasteiger partial charge in [0.2, 0.25) is 0 Å². The van der Waals surface area contributed by atoms with E-state index in [4.69, 9.17) is 0 Å². The molecule has 0 aromatic carbocycles. The third kappa shape index (κ3) is 7.16. The van der Waals surface area contributed by atoms with Gasteiger partial charge in [-0.1, -0.05) is 43.9 Å². The molecule has 0 bridgehead atoms. The minimum atomic E-state index is 0.759. The van der Waals surface area contributed by atoms with Gasteiger partial charge in [-0.25, -0.2) is 0 Å². The summed E-state index contributed by atoms with van der Waals surface area (Å²) in [4.78, 5) is 6.18. The summed E-state index contributed by atoms with van der Waals surface area (Å²) in [7, 11) is 2.08. The fourth-order valence-corrected chi connectivity index (χ4v) is 3.13. The minimum absolute atomic E-state index is 0.759. The molecule has 148 valence electrons. The van der Waals surface area contributed by atoms with Crippen LogP contribution >= 0.6 is 0 Å². The van der Waals surface area contributed by atoms with Crippen molar-refractivity contribution >= 4 is 5.69 Å². The number of rotatable bonds is 8. The molecule has 27 heavy (non-hydrogen) atoms. The fraction of sp³-hybridized carbons (Fsp3) is 0.591. The molecule has 1 atom stereocenters. The zero-order chi connectivity index (χ0) is 19.6. The van der Waals surface area contributed by atoms with E-state index < -0.39 is 0 Å². The normalized spacial score (nSPS) is 14.7. The molecular formula is C22H35N5. The molecule has 1 fully saturated rings. The lowest BCUT2D eigenvalue weighted by Crippen LogP contribution is -2.23. The highest BCUT2D eigenvalue weighted by Crippen LogP contribution is 2.33. The van der Waals surface area contributed by atoms with Crippen LogP contribution in [0, 0.1) is 11.8 Å². The molecule has 0 spiro atoms. The topological polar surface area (TPSA) is 46.8 Å². The van der Waals surface area contributed by atoms with Crippen LogP contribution in [0.15, 0.2) is 42.9 Å². The summed E-state index contributed by atoms with van der Waals surface area (Å²) < 4.78 is 2.00. The molecule has 0 saturated heterocycles. The van der Waals surface area contributed by atoms with Crippen molar-refractivity contribution in [1.82, 2.24) is 20.0 Å². The molecule has 1 unspecified atom stereocenters. The van der Waals surface area contributed by atoms with Crippen molar-refractivity contribution in [2.45, 2.75) is 59.4 Å². The number of nitrogens with zero attached hydrogens (tertiary/aromatic N) is 5. The van der Waals surface area contributed by atoms with Crippen molar-refractivity contribution < 1.29 is 0 Å². The number of pyridine rings is 1. The summed E-state index contributed by atoms with van der Waals surface area (Å²) >= 11 is 0. The number of aryl methyl sites for hydroxylation is 1. The highest BCUT2D eigenvalue weighted by molar-refractivity contribution is 5.43. The molecule has 2 aromatic heterocycles. The Labute approximate surface area is 164 Å². The zero-order valence-electron chi connectivity index (χ0n) is 17.4. The van der Waals surface area contributed by atoms with Crippen LogP contribution < -0.4 is 4.90 Å². The van der Waals surface area contributed by atoms with E-state index in [1.54, 1.807) is 0 Å². The number of hydrogen-bond acceptors (Lipinski definition) is 4. The Balaban J connectivity index is 0.000000194. The van der Waals surface area contributed by atoms with E-state index in [1.165, 1.54) is 30.5 Å². The maximum atomic E-state index is 4.13. The predicted molar refractivity (Wildman–Crippen MR) is 113 cm³/mol. The first-order valence-corrected chi connectivity index (χ1v) is 10.1. The zero-order valence-corrected chi connectivity index (χ0v) is 17.4. The van der Waals surface area contributed by atoms with Crippen molar-refractivity contribution in [2.75, 3.05) is 18.5 Å². The first-order chi connectivity index (χ1) is 13.0. The van der Waals surface area contributed by atoms with Crippen molar-refractivity contribution in [3.63, 3.8) is 0 Å². The van der Waals surface area contributed by atoms with Gasteiger partial charge in [-0.3, -0.25) is 9.67 Å². The third-order valence-corrected chi connectivity index (χ3v) is 5.36. The van der Waals surface area contributed by atoms with Gasteiger partial charge in [0.05, 0.1) is 5.69 Å². The van der Waals surface area contributed by atoms with Gasteiger partial charge in [0.1, 0.15) is 0 Å². The summed E-state index contributed by atoms with van der Waals surface area (Å²) in [5.74, 6) is 1.69. The molecule has 0 aliphatic heterocycles. The van der Waals surface area contributed by atoms with E-state index >= 15 is 0 Å². The van der Waals surface area contributed by atoms with Gasteiger partial charge in [-0.2, -0.15) is 0 Å². The molecular weight excluding hydrogens is 334 g/mol. The van der Waals surface area contributed by atoms with Gasteiger partial charge < -0.3 is 4.90 Å². The van der Waals surface area contributed by atoms with E-state index in [0.29, 0.717) is 0 Å². The molecule has 1 aliphatic rings. The molecule has 0 N–H and O–H groups in total. The standard InChI is InChI=1S/C11H19N3.C11H16N2/c1-3-11-8-14(13-12-11)7-9(2)10-5-4-6-10;1-10(2)6-9-13(3)11-4-7-12-8-5-11/h8-10H,3-7H2,1-2H3;4-5,7-8H,1,6,9H2,2-3H3. The SMILES string of the molecule is C=C(C)CCN(C)c1ccncc1.CCc1cn(CC(C)C2CCC2)nn1. The van der Waals surface area contributed by atoms with Crippen LogP contribution in [0.1, 0.15) is 52.1 Å². The summed E-state index contributed by atoms with van der Waals surface area (Å²) in [6.45, 7) is 12.4. The summed E-state index contributed by atoms with van der Waals surface area (Å²) in [6, 6.07) is 4.02. The lowest BCUT2D eigenvalue weighted by molar-refractivity contribution is 0.195. The summed E-state index contributed by atoms with van der Waals surface area (Å²) in [5.41, 5.74) is 3.53. The van der Waals surface area contributed by atoms with Crippen LogP contribution in [0.2, 0.25) is 0 Å². The lowest BCUT2D eigenvalue weighted by Gasteiger charge is -2.31. The smallest absolute Gasteiger partial charge is 0.0824 e. The second-order valence-electron chi connectivity index (χ2n) is 7.79. The monoisotopic (exact) mass is 369 g/mol. The van der Waals surface area contributed by atoms with Crippen molar-refractivity contribution in [2.24, 2.45) is 11.8 Å². The molecule has 1 saturated carbocycles. The Kier molecular flexibility index (Phi) is 8.49. The number of anilines is 1. The quantitative estimate of drug-likeness (QED) is 0.629. The average Bonchev–Trinajstić information content (AvgIpc) is 3.07. The third-order valence-electron chi connectivity index (χ3n) is 5.36. The van der Waals surface area contributed by atoms with Crippen LogP contribution in [0.4, 0.5) is 5.69 Å². The Hall–Kier alpha value is -2.17. The maximum absolute atomic E-state index is 4.13. The van der Waals surface area contributed by atoms with Gasteiger partial charge in [0.15, 0.2) is 0 Å². The second kappa shape index (κ2) is 10.9. The van der Waals surface area contributed by atoms with Gasteiger partial charge in [-0.05, 0) is 43.7 Å². The first kappa shape index (κ1) is 21.1. The largest absolute Gasteiger partial charge is 0.374 e. The van der Waals surface area contributed by atoms with Gasteiger partial charge in [-0.15, -0.1) is 11.7 Å². The predicted octanol–water partition coefficient (Wildman–Crippen LogP) is 4.76. The fourth-order valence-electron chi connectivity index (χ4n) is 3.13. The second-order valence-corrected chi connectivity index (χ2v) is 7.79. The Morgan fingerprint density at radius 1 is 1.33 bits per heavy atom. The van der Waals surface area contributed by atoms with Crippen LogP contribution in [0.3, 0.4) is 0 Å². The van der Waals surface area contributed by atoms with Crippen LogP contribution in [0.25, 0.3) is 0 Å². The van der Waals surface area contributed by atoms with Crippen LogP contribution in [-0.4, -0.2) is 33.6 Å². The number of hydrogen-bond donors (Lipinski definition) is 0. The molecule has 3 rings (SSSR count). The Morgan fingerprint density at radius 3 is 2.56 bits per heavy atom. The summed E-state index contributed by atoms with van der Waals surface area (Å²) in [5, 5.41) is 8.24. The maximum Gasteiger partial charge on any atom is 0.0824 e. The van der Waals surface area contributed by atoms with E-state index in [1.807, 2.05) is 29.2 Å². The molecule has 5 nitrogen and oxygen atoms in total.